The molecule has 0 saturated carbocycles. The summed E-state index contributed by atoms with van der Waals surface area (Å²) in [5.41, 5.74) is 0.918. The van der Waals surface area contributed by atoms with E-state index in [1.165, 1.54) is 0 Å². The van der Waals surface area contributed by atoms with Crippen LogP contribution in [0.25, 0.3) is 11.5 Å². The summed E-state index contributed by atoms with van der Waals surface area (Å²) in [5.74, 6) is 1.19. The third kappa shape index (κ3) is 3.04. The van der Waals surface area contributed by atoms with Gasteiger partial charge in [-0.05, 0) is 12.1 Å². The van der Waals surface area contributed by atoms with Crippen LogP contribution in [0.15, 0.2) is 34.9 Å². The summed E-state index contributed by atoms with van der Waals surface area (Å²) in [6.07, 6.45) is -0.121. The normalized spacial score (nSPS) is 20.1. The Bertz CT molecular complexity index is 544. The second-order valence-corrected chi connectivity index (χ2v) is 4.79. The minimum atomic E-state index is -0.121. The molecule has 1 unspecified atom stereocenters. The molecular weight excluding hydrogens is 258 g/mol. The number of rotatable bonds is 4. The van der Waals surface area contributed by atoms with E-state index < -0.39 is 0 Å². The van der Waals surface area contributed by atoms with E-state index in [2.05, 4.69) is 15.0 Å². The van der Waals surface area contributed by atoms with Crippen molar-refractivity contribution < 1.29 is 14.4 Å². The average molecular weight is 275 g/mol. The van der Waals surface area contributed by atoms with Gasteiger partial charge < -0.3 is 14.4 Å². The molecule has 1 aliphatic rings. The Kier molecular flexibility index (Phi) is 4.05. The lowest BCUT2D eigenvalue weighted by molar-refractivity contribution is -0.0558. The lowest BCUT2D eigenvalue weighted by atomic mass is 10.2. The molecule has 1 aliphatic heterocycles. The maximum Gasteiger partial charge on any atom is 0.257 e. The van der Waals surface area contributed by atoms with Crippen LogP contribution in [0.1, 0.15) is 5.82 Å². The van der Waals surface area contributed by atoms with Gasteiger partial charge in [0.15, 0.2) is 5.82 Å². The smallest absolute Gasteiger partial charge is 0.257 e. The fourth-order valence-corrected chi connectivity index (χ4v) is 2.25. The Labute approximate surface area is 117 Å². The third-order valence-corrected chi connectivity index (χ3v) is 3.28. The zero-order valence-electron chi connectivity index (χ0n) is 11.1. The monoisotopic (exact) mass is 275 g/mol. The van der Waals surface area contributed by atoms with Crippen molar-refractivity contribution in [1.29, 1.82) is 0 Å². The van der Waals surface area contributed by atoms with Crippen molar-refractivity contribution in [1.82, 2.24) is 15.0 Å². The van der Waals surface area contributed by atoms with Crippen LogP contribution in [0.5, 0.6) is 0 Å². The van der Waals surface area contributed by atoms with E-state index in [4.69, 9.17) is 14.4 Å². The predicted octanol–water partition coefficient (Wildman–Crippen LogP) is 0.930. The maximum absolute atomic E-state index is 9.13. The molecular formula is C14H17N3O3. The Balaban J connectivity index is 1.65. The van der Waals surface area contributed by atoms with Crippen molar-refractivity contribution in [3.05, 3.63) is 36.2 Å². The minimum absolute atomic E-state index is 0.0397. The molecule has 1 saturated heterocycles. The standard InChI is InChI=1S/C14H17N3O3/c18-10-12-8-17(6-7-19-12)9-13-15-14(20-16-13)11-4-2-1-3-5-11/h1-5,12,18H,6-10H2. The van der Waals surface area contributed by atoms with Gasteiger partial charge in [0, 0.05) is 18.7 Å². The molecule has 0 amide bonds. The number of nitrogens with zero attached hydrogens (tertiary/aromatic N) is 3. The molecule has 2 heterocycles. The predicted molar refractivity (Wildman–Crippen MR) is 71.8 cm³/mol. The fraction of sp³-hybridized carbons (Fsp3) is 0.429. The fourth-order valence-electron chi connectivity index (χ4n) is 2.25. The number of aliphatic hydroxyl groups excluding tert-OH is 1. The molecule has 0 aliphatic carbocycles. The number of hydrogen-bond donors (Lipinski definition) is 1. The average Bonchev–Trinajstić information content (AvgIpc) is 2.97. The number of morpholine rings is 1. The second kappa shape index (κ2) is 6.13. The van der Waals surface area contributed by atoms with E-state index in [9.17, 15) is 0 Å². The van der Waals surface area contributed by atoms with Crippen LogP contribution in [0.2, 0.25) is 0 Å². The third-order valence-electron chi connectivity index (χ3n) is 3.28. The van der Waals surface area contributed by atoms with Crippen molar-refractivity contribution in [3.8, 4) is 11.5 Å². The van der Waals surface area contributed by atoms with E-state index in [-0.39, 0.29) is 12.7 Å². The number of ether oxygens (including phenoxy) is 1. The largest absolute Gasteiger partial charge is 0.394 e. The van der Waals surface area contributed by atoms with Gasteiger partial charge in [-0.1, -0.05) is 23.4 Å². The molecule has 1 aromatic heterocycles. The maximum atomic E-state index is 9.13. The first-order valence-corrected chi connectivity index (χ1v) is 6.68. The highest BCUT2D eigenvalue weighted by molar-refractivity contribution is 5.51. The minimum Gasteiger partial charge on any atom is -0.394 e. The summed E-state index contributed by atoms with van der Waals surface area (Å²) in [5, 5.41) is 13.1. The molecule has 0 radical (unpaired) electrons. The van der Waals surface area contributed by atoms with Gasteiger partial charge in [0.25, 0.3) is 5.89 Å². The van der Waals surface area contributed by atoms with Gasteiger partial charge >= 0.3 is 0 Å². The quantitative estimate of drug-likeness (QED) is 0.895. The Hall–Kier alpha value is -1.76. The van der Waals surface area contributed by atoms with Crippen LogP contribution in [0.4, 0.5) is 0 Å². The first-order chi connectivity index (χ1) is 9.85. The van der Waals surface area contributed by atoms with E-state index in [1.807, 2.05) is 30.3 Å². The van der Waals surface area contributed by atoms with Crippen molar-refractivity contribution >= 4 is 0 Å². The number of benzene rings is 1. The SMILES string of the molecule is OCC1CN(Cc2noc(-c3ccccc3)n2)CCO1. The number of hydrogen-bond acceptors (Lipinski definition) is 6. The van der Waals surface area contributed by atoms with Crippen molar-refractivity contribution in [2.45, 2.75) is 12.6 Å². The van der Waals surface area contributed by atoms with Gasteiger partial charge in [0.1, 0.15) is 0 Å². The number of aliphatic hydroxyl groups is 1. The molecule has 0 bridgehead atoms. The lowest BCUT2D eigenvalue weighted by Gasteiger charge is -2.30. The molecule has 1 aromatic carbocycles. The molecule has 6 nitrogen and oxygen atoms in total. The first-order valence-electron chi connectivity index (χ1n) is 6.68. The Morgan fingerprint density at radius 3 is 2.95 bits per heavy atom. The zero-order chi connectivity index (χ0) is 13.8. The van der Waals surface area contributed by atoms with Crippen LogP contribution >= 0.6 is 0 Å². The van der Waals surface area contributed by atoms with Crippen molar-refractivity contribution in [2.75, 3.05) is 26.3 Å². The van der Waals surface area contributed by atoms with Gasteiger partial charge in [0.2, 0.25) is 0 Å². The molecule has 2 aromatic rings. The van der Waals surface area contributed by atoms with Crippen LogP contribution in [0, 0.1) is 0 Å². The summed E-state index contributed by atoms with van der Waals surface area (Å²) in [7, 11) is 0. The highest BCUT2D eigenvalue weighted by Gasteiger charge is 2.21. The molecule has 6 heteroatoms. The second-order valence-electron chi connectivity index (χ2n) is 4.79. The number of aromatic nitrogens is 2. The highest BCUT2D eigenvalue weighted by atomic mass is 16.5. The van der Waals surface area contributed by atoms with Crippen LogP contribution in [0.3, 0.4) is 0 Å². The Morgan fingerprint density at radius 1 is 1.30 bits per heavy atom. The molecule has 106 valence electrons. The van der Waals surface area contributed by atoms with Crippen LogP contribution in [-0.2, 0) is 11.3 Å². The van der Waals surface area contributed by atoms with Crippen molar-refractivity contribution in [3.63, 3.8) is 0 Å². The molecule has 20 heavy (non-hydrogen) atoms. The zero-order valence-corrected chi connectivity index (χ0v) is 11.1. The van der Waals surface area contributed by atoms with Gasteiger partial charge in [-0.15, -0.1) is 0 Å². The summed E-state index contributed by atoms with van der Waals surface area (Å²) in [6, 6.07) is 9.70. The lowest BCUT2D eigenvalue weighted by Crippen LogP contribution is -2.43. The van der Waals surface area contributed by atoms with Gasteiger partial charge in [0.05, 0.1) is 25.9 Å². The molecule has 1 atom stereocenters. The summed E-state index contributed by atoms with van der Waals surface area (Å²) in [6.45, 7) is 2.76. The first kappa shape index (κ1) is 13.2. The van der Waals surface area contributed by atoms with Gasteiger partial charge in [-0.2, -0.15) is 4.98 Å². The van der Waals surface area contributed by atoms with E-state index in [0.717, 1.165) is 12.1 Å². The molecule has 3 rings (SSSR count). The summed E-state index contributed by atoms with van der Waals surface area (Å²) in [4.78, 5) is 6.56. The Morgan fingerprint density at radius 2 is 2.15 bits per heavy atom. The summed E-state index contributed by atoms with van der Waals surface area (Å²) < 4.78 is 10.7. The van der Waals surface area contributed by atoms with Gasteiger partial charge in [-0.25, -0.2) is 0 Å². The molecule has 0 spiro atoms. The molecule has 1 fully saturated rings. The topological polar surface area (TPSA) is 71.6 Å². The van der Waals surface area contributed by atoms with Gasteiger partial charge in [-0.3, -0.25) is 4.90 Å². The van der Waals surface area contributed by atoms with E-state index in [1.54, 1.807) is 0 Å². The highest BCUT2D eigenvalue weighted by Crippen LogP contribution is 2.17. The van der Waals surface area contributed by atoms with Crippen LogP contribution < -0.4 is 0 Å². The van der Waals surface area contributed by atoms with E-state index in [0.29, 0.717) is 31.4 Å². The summed E-state index contributed by atoms with van der Waals surface area (Å²) >= 11 is 0. The van der Waals surface area contributed by atoms with Crippen molar-refractivity contribution in [2.24, 2.45) is 0 Å². The van der Waals surface area contributed by atoms with E-state index >= 15 is 0 Å². The van der Waals surface area contributed by atoms with Crippen LogP contribution in [-0.4, -0.2) is 52.6 Å². The molecule has 1 N–H and O–H groups in total.